The molecule has 0 aromatic carbocycles. The highest BCUT2D eigenvalue weighted by Gasteiger charge is 2.15. The van der Waals surface area contributed by atoms with Crippen molar-refractivity contribution in [2.24, 2.45) is 0 Å². The van der Waals surface area contributed by atoms with E-state index in [1.54, 1.807) is 11.8 Å². The molecular formula is C12H17N3OS. The van der Waals surface area contributed by atoms with E-state index < -0.39 is 0 Å². The first-order valence-electron chi connectivity index (χ1n) is 5.73. The van der Waals surface area contributed by atoms with E-state index in [1.807, 2.05) is 13.0 Å². The van der Waals surface area contributed by atoms with E-state index in [9.17, 15) is 4.79 Å². The first-order valence-corrected chi connectivity index (χ1v) is 6.71. The lowest BCUT2D eigenvalue weighted by atomic mass is 10.0. The molecule has 5 heteroatoms. The normalized spacial score (nSPS) is 10.2. The van der Waals surface area contributed by atoms with Gasteiger partial charge in [-0.1, -0.05) is 20.3 Å². The van der Waals surface area contributed by atoms with E-state index >= 15 is 0 Å². The van der Waals surface area contributed by atoms with Gasteiger partial charge in [0.1, 0.15) is 17.5 Å². The van der Waals surface area contributed by atoms with Crippen LogP contribution < -0.4 is 11.3 Å². The first-order chi connectivity index (χ1) is 8.15. The van der Waals surface area contributed by atoms with Crippen LogP contribution in [-0.2, 0) is 6.42 Å². The Morgan fingerprint density at radius 1 is 1.47 bits per heavy atom. The molecule has 0 atom stereocenters. The number of hydrogen-bond donors (Lipinski definition) is 2. The van der Waals surface area contributed by atoms with Gasteiger partial charge in [0.2, 0.25) is 0 Å². The number of anilines is 1. The van der Waals surface area contributed by atoms with Crippen LogP contribution in [0.4, 0.5) is 5.82 Å². The maximum Gasteiger partial charge on any atom is 0.267 e. The predicted molar refractivity (Wildman–Crippen MR) is 71.2 cm³/mol. The summed E-state index contributed by atoms with van der Waals surface area (Å²) in [5.74, 6) is 1.24. The topological polar surface area (TPSA) is 82.7 Å². The van der Waals surface area contributed by atoms with E-state index in [2.05, 4.69) is 11.9 Å². The van der Waals surface area contributed by atoms with Crippen LogP contribution in [0.3, 0.4) is 0 Å². The van der Waals surface area contributed by atoms with Gasteiger partial charge in [-0.3, -0.25) is 4.79 Å². The molecule has 1 rings (SSSR count). The number of nitriles is 1. The monoisotopic (exact) mass is 251 g/mol. The number of thioether (sulfide) groups is 1. The van der Waals surface area contributed by atoms with E-state index in [4.69, 9.17) is 11.0 Å². The second-order valence-corrected chi connectivity index (χ2v) is 4.97. The summed E-state index contributed by atoms with van der Waals surface area (Å²) in [5.41, 5.74) is 6.46. The fourth-order valence-corrected chi connectivity index (χ4v) is 2.55. The third kappa shape index (κ3) is 3.04. The fourth-order valence-electron chi connectivity index (χ4n) is 1.67. The van der Waals surface area contributed by atoms with Crippen LogP contribution in [0.25, 0.3) is 0 Å². The molecular weight excluding hydrogens is 234 g/mol. The summed E-state index contributed by atoms with van der Waals surface area (Å²) >= 11 is 1.57. The average molecular weight is 251 g/mol. The Labute approximate surface area is 105 Å². The summed E-state index contributed by atoms with van der Waals surface area (Å²) in [6, 6.07) is 1.99. The molecule has 3 N–H and O–H groups in total. The quantitative estimate of drug-likeness (QED) is 0.786. The minimum atomic E-state index is -0.378. The summed E-state index contributed by atoms with van der Waals surface area (Å²) in [4.78, 5) is 15.0. The number of nitrogens with one attached hydrogen (secondary N) is 1. The molecule has 0 saturated carbocycles. The molecule has 1 heterocycles. The van der Waals surface area contributed by atoms with Crippen LogP contribution in [0, 0.1) is 11.3 Å². The number of nitrogens with zero attached hydrogens (tertiary/aromatic N) is 1. The van der Waals surface area contributed by atoms with Crippen LogP contribution in [0.2, 0.25) is 0 Å². The number of nitrogen functional groups attached to an aromatic ring is 1. The lowest BCUT2D eigenvalue weighted by Crippen LogP contribution is -2.17. The third-order valence-electron chi connectivity index (χ3n) is 2.48. The minimum Gasteiger partial charge on any atom is -0.384 e. The fraction of sp³-hybridized carbons (Fsp3) is 0.500. The Bertz CT molecular complexity index is 488. The highest BCUT2D eigenvalue weighted by molar-refractivity contribution is 7.99. The second kappa shape index (κ2) is 6.36. The van der Waals surface area contributed by atoms with Crippen molar-refractivity contribution in [2.75, 3.05) is 11.5 Å². The van der Waals surface area contributed by atoms with E-state index in [1.165, 1.54) is 0 Å². The highest BCUT2D eigenvalue weighted by atomic mass is 32.2. The summed E-state index contributed by atoms with van der Waals surface area (Å²) in [6.07, 6.45) is 2.71. The number of nitrogens with two attached hydrogens (primary N) is 1. The Kier molecular flexibility index (Phi) is 5.11. The SMILES string of the molecule is CCCCc1c(SCC)c(N)[nH]c(=O)c1C#N. The van der Waals surface area contributed by atoms with Crippen LogP contribution in [0.1, 0.15) is 37.8 Å². The Hall–Kier alpha value is -1.41. The van der Waals surface area contributed by atoms with Crippen LogP contribution in [0.5, 0.6) is 0 Å². The number of aromatic nitrogens is 1. The number of hydrogen-bond acceptors (Lipinski definition) is 4. The number of unbranched alkanes of at least 4 members (excludes halogenated alkanes) is 1. The molecule has 17 heavy (non-hydrogen) atoms. The predicted octanol–water partition coefficient (Wildman–Crippen LogP) is 2.28. The molecule has 92 valence electrons. The van der Waals surface area contributed by atoms with Gasteiger partial charge < -0.3 is 10.7 Å². The number of pyridine rings is 1. The molecule has 1 aromatic rings. The van der Waals surface area contributed by atoms with Crippen molar-refractivity contribution >= 4 is 17.6 Å². The van der Waals surface area contributed by atoms with Crippen molar-refractivity contribution in [3.8, 4) is 6.07 Å². The van der Waals surface area contributed by atoms with E-state index in [0.717, 1.165) is 35.5 Å². The summed E-state index contributed by atoms with van der Waals surface area (Å²) < 4.78 is 0. The summed E-state index contributed by atoms with van der Waals surface area (Å²) in [6.45, 7) is 4.10. The summed E-state index contributed by atoms with van der Waals surface area (Å²) in [7, 11) is 0. The molecule has 0 radical (unpaired) electrons. The molecule has 0 saturated heterocycles. The zero-order valence-electron chi connectivity index (χ0n) is 10.2. The van der Waals surface area contributed by atoms with Gasteiger partial charge >= 0.3 is 0 Å². The third-order valence-corrected chi connectivity index (χ3v) is 3.52. The van der Waals surface area contributed by atoms with Gasteiger partial charge in [0.15, 0.2) is 0 Å². The standard InChI is InChI=1S/C12H17N3OS/c1-3-5-6-8-9(7-13)12(16)15-11(14)10(8)17-4-2/h3-6H2,1-2H3,(H3,14,15,16). The molecule has 4 nitrogen and oxygen atoms in total. The molecule has 0 fully saturated rings. The maximum atomic E-state index is 11.6. The van der Waals surface area contributed by atoms with Gasteiger partial charge in [-0.25, -0.2) is 0 Å². The van der Waals surface area contributed by atoms with E-state index in [-0.39, 0.29) is 11.1 Å². The highest BCUT2D eigenvalue weighted by Crippen LogP contribution is 2.29. The lowest BCUT2D eigenvalue weighted by Gasteiger charge is -2.11. The Balaban J connectivity index is 3.35. The first kappa shape index (κ1) is 13.7. The van der Waals surface area contributed by atoms with Crippen LogP contribution in [0.15, 0.2) is 9.69 Å². The lowest BCUT2D eigenvalue weighted by molar-refractivity contribution is 0.780. The van der Waals surface area contributed by atoms with Crippen molar-refractivity contribution in [1.82, 2.24) is 4.98 Å². The van der Waals surface area contributed by atoms with Gasteiger partial charge in [0.05, 0.1) is 4.90 Å². The Morgan fingerprint density at radius 2 is 2.18 bits per heavy atom. The largest absolute Gasteiger partial charge is 0.384 e. The zero-order chi connectivity index (χ0) is 12.8. The van der Waals surface area contributed by atoms with Gasteiger partial charge in [-0.2, -0.15) is 5.26 Å². The van der Waals surface area contributed by atoms with Crippen molar-refractivity contribution in [2.45, 2.75) is 38.0 Å². The molecule has 0 bridgehead atoms. The summed E-state index contributed by atoms with van der Waals surface area (Å²) in [5, 5.41) is 9.06. The van der Waals surface area contributed by atoms with Crippen molar-refractivity contribution < 1.29 is 0 Å². The average Bonchev–Trinajstić information content (AvgIpc) is 2.30. The molecule has 0 unspecified atom stereocenters. The molecule has 0 amide bonds. The number of aromatic amines is 1. The molecule has 1 aromatic heterocycles. The smallest absolute Gasteiger partial charge is 0.267 e. The van der Waals surface area contributed by atoms with E-state index in [0.29, 0.717) is 5.82 Å². The zero-order valence-corrected chi connectivity index (χ0v) is 11.0. The minimum absolute atomic E-state index is 0.212. The maximum absolute atomic E-state index is 11.6. The number of rotatable bonds is 5. The molecule has 0 aliphatic heterocycles. The van der Waals surface area contributed by atoms with Crippen LogP contribution >= 0.6 is 11.8 Å². The van der Waals surface area contributed by atoms with Crippen molar-refractivity contribution in [1.29, 1.82) is 5.26 Å². The molecule has 0 aliphatic carbocycles. The van der Waals surface area contributed by atoms with Gasteiger partial charge in [-0.05, 0) is 24.2 Å². The van der Waals surface area contributed by atoms with Crippen molar-refractivity contribution in [3.63, 3.8) is 0 Å². The van der Waals surface area contributed by atoms with Crippen LogP contribution in [-0.4, -0.2) is 10.7 Å². The molecule has 0 spiro atoms. The number of H-pyrrole nitrogens is 1. The second-order valence-electron chi connectivity index (χ2n) is 3.70. The van der Waals surface area contributed by atoms with Gasteiger partial charge in [-0.15, -0.1) is 11.8 Å². The van der Waals surface area contributed by atoms with Gasteiger partial charge in [0, 0.05) is 0 Å². The molecule has 0 aliphatic rings. The Morgan fingerprint density at radius 3 is 2.71 bits per heavy atom. The van der Waals surface area contributed by atoms with Crippen molar-refractivity contribution in [3.05, 3.63) is 21.5 Å². The van der Waals surface area contributed by atoms with Gasteiger partial charge in [0.25, 0.3) is 5.56 Å².